The highest BCUT2D eigenvalue weighted by molar-refractivity contribution is 7.98. The second kappa shape index (κ2) is 7.19. The summed E-state index contributed by atoms with van der Waals surface area (Å²) in [6.07, 6.45) is 2.23. The summed E-state index contributed by atoms with van der Waals surface area (Å²) in [7, 11) is 0. The molecule has 1 aromatic heterocycles. The summed E-state index contributed by atoms with van der Waals surface area (Å²) in [6, 6.07) is 8.14. The van der Waals surface area contributed by atoms with Gasteiger partial charge in [-0.3, -0.25) is 0 Å². The van der Waals surface area contributed by atoms with Crippen molar-refractivity contribution in [2.24, 2.45) is 0 Å². The molecule has 0 saturated heterocycles. The zero-order chi connectivity index (χ0) is 14.4. The molecule has 108 valence electrons. The summed E-state index contributed by atoms with van der Waals surface area (Å²) in [5.74, 6) is 8.26. The molecule has 6 heteroatoms. The molecule has 0 fully saturated rings. The molecule has 1 heterocycles. The van der Waals surface area contributed by atoms with Crippen molar-refractivity contribution in [3.8, 4) is 5.75 Å². The molecule has 0 atom stereocenters. The van der Waals surface area contributed by atoms with E-state index in [0.29, 0.717) is 5.82 Å². The molecule has 0 spiro atoms. The van der Waals surface area contributed by atoms with Crippen LogP contribution < -0.4 is 10.6 Å². The lowest BCUT2D eigenvalue weighted by Gasteiger charge is -2.06. The van der Waals surface area contributed by atoms with E-state index in [1.807, 2.05) is 19.1 Å². The van der Waals surface area contributed by atoms with Gasteiger partial charge in [0, 0.05) is 5.75 Å². The molecule has 0 bridgehead atoms. The molecule has 1 aromatic carbocycles. The highest BCUT2D eigenvalue weighted by atomic mass is 32.2. The Bertz CT molecular complexity index is 539. The number of hydrogen-bond acceptors (Lipinski definition) is 5. The molecule has 0 aliphatic carbocycles. The smallest absolute Gasteiger partial charge is 0.210 e. The lowest BCUT2D eigenvalue weighted by atomic mass is 10.2. The van der Waals surface area contributed by atoms with Crippen molar-refractivity contribution in [2.75, 3.05) is 12.4 Å². The number of nitrogens with two attached hydrogens (primary N) is 1. The van der Waals surface area contributed by atoms with Gasteiger partial charge < -0.3 is 10.6 Å². The minimum Gasteiger partial charge on any atom is -0.494 e. The van der Waals surface area contributed by atoms with Crippen LogP contribution in [0.3, 0.4) is 0 Å². The largest absolute Gasteiger partial charge is 0.494 e. The van der Waals surface area contributed by atoms with E-state index < -0.39 is 0 Å². The quantitative estimate of drug-likeness (QED) is 0.483. The fraction of sp³-hybridized carbons (Fsp3) is 0.429. The van der Waals surface area contributed by atoms with E-state index in [0.717, 1.165) is 36.1 Å². The Labute approximate surface area is 123 Å². The van der Waals surface area contributed by atoms with Gasteiger partial charge in [0.05, 0.1) is 6.61 Å². The lowest BCUT2D eigenvalue weighted by Crippen LogP contribution is -2.11. The predicted octanol–water partition coefficient (Wildman–Crippen LogP) is 2.77. The molecular formula is C14H20N4OS. The van der Waals surface area contributed by atoms with Gasteiger partial charge in [-0.25, -0.2) is 4.68 Å². The van der Waals surface area contributed by atoms with Crippen LogP contribution >= 0.6 is 11.8 Å². The van der Waals surface area contributed by atoms with Gasteiger partial charge in [0.15, 0.2) is 0 Å². The van der Waals surface area contributed by atoms with Gasteiger partial charge in [-0.15, -0.1) is 10.2 Å². The van der Waals surface area contributed by atoms with Gasteiger partial charge in [0.2, 0.25) is 5.16 Å². The third-order valence-corrected chi connectivity index (χ3v) is 3.91. The van der Waals surface area contributed by atoms with Crippen LogP contribution in [0.4, 0.5) is 0 Å². The van der Waals surface area contributed by atoms with E-state index >= 15 is 0 Å². The highest BCUT2D eigenvalue weighted by Gasteiger charge is 2.06. The molecule has 0 saturated carbocycles. The number of rotatable bonds is 7. The van der Waals surface area contributed by atoms with Gasteiger partial charge in [0.25, 0.3) is 0 Å². The van der Waals surface area contributed by atoms with Gasteiger partial charge in [-0.1, -0.05) is 37.2 Å². The zero-order valence-corrected chi connectivity index (χ0v) is 12.7. The van der Waals surface area contributed by atoms with E-state index in [4.69, 9.17) is 10.6 Å². The van der Waals surface area contributed by atoms with Crippen molar-refractivity contribution in [3.05, 3.63) is 35.7 Å². The standard InChI is InChI=1S/C14H20N4OS/c1-3-4-9-19-13-7-5-12(6-8-13)10-20-14-17-16-11(2)18(14)15/h5-8H,3-4,9-10,15H2,1-2H3. The number of benzene rings is 1. The fourth-order valence-corrected chi connectivity index (χ4v) is 2.47. The van der Waals surface area contributed by atoms with Crippen LogP contribution in [0.5, 0.6) is 5.75 Å². The Morgan fingerprint density at radius 2 is 2.00 bits per heavy atom. The Morgan fingerprint density at radius 1 is 1.25 bits per heavy atom. The topological polar surface area (TPSA) is 66.0 Å². The molecule has 2 N–H and O–H groups in total. The van der Waals surface area contributed by atoms with E-state index in [9.17, 15) is 0 Å². The lowest BCUT2D eigenvalue weighted by molar-refractivity contribution is 0.309. The summed E-state index contributed by atoms with van der Waals surface area (Å²) in [6.45, 7) is 4.77. The molecule has 20 heavy (non-hydrogen) atoms. The molecule has 0 amide bonds. The van der Waals surface area contributed by atoms with Crippen LogP contribution in [0.1, 0.15) is 31.2 Å². The molecule has 2 aromatic rings. The maximum absolute atomic E-state index is 5.81. The molecule has 5 nitrogen and oxygen atoms in total. The number of aromatic nitrogens is 3. The second-order valence-electron chi connectivity index (χ2n) is 4.53. The summed E-state index contributed by atoms with van der Waals surface area (Å²) < 4.78 is 7.14. The van der Waals surface area contributed by atoms with Crippen LogP contribution in [0.2, 0.25) is 0 Å². The SMILES string of the molecule is CCCCOc1ccc(CSc2nnc(C)n2N)cc1. The minimum absolute atomic E-state index is 0.715. The average Bonchev–Trinajstić information content (AvgIpc) is 2.78. The van der Waals surface area contributed by atoms with Crippen molar-refractivity contribution >= 4 is 11.8 Å². The number of nitrogen functional groups attached to an aromatic ring is 1. The number of nitrogens with zero attached hydrogens (tertiary/aromatic N) is 3. The van der Waals surface area contributed by atoms with E-state index in [2.05, 4.69) is 29.3 Å². The van der Waals surface area contributed by atoms with Gasteiger partial charge in [-0.05, 0) is 31.0 Å². The second-order valence-corrected chi connectivity index (χ2v) is 5.48. The first kappa shape index (κ1) is 14.7. The van der Waals surface area contributed by atoms with E-state index in [1.165, 1.54) is 10.2 Å². The Kier molecular flexibility index (Phi) is 5.29. The van der Waals surface area contributed by atoms with Crippen molar-refractivity contribution in [3.63, 3.8) is 0 Å². The first-order valence-corrected chi connectivity index (χ1v) is 7.71. The normalized spacial score (nSPS) is 10.7. The number of thioether (sulfide) groups is 1. The zero-order valence-electron chi connectivity index (χ0n) is 11.9. The molecule has 0 aliphatic rings. The summed E-state index contributed by atoms with van der Waals surface area (Å²) >= 11 is 1.57. The molecule has 0 unspecified atom stereocenters. The third kappa shape index (κ3) is 3.90. The minimum atomic E-state index is 0.715. The summed E-state index contributed by atoms with van der Waals surface area (Å²) in [4.78, 5) is 0. The first-order valence-electron chi connectivity index (χ1n) is 6.72. The van der Waals surface area contributed by atoms with Crippen molar-refractivity contribution < 1.29 is 4.74 Å². The number of hydrogen-bond donors (Lipinski definition) is 1. The van der Waals surface area contributed by atoms with Crippen molar-refractivity contribution in [1.29, 1.82) is 0 Å². The predicted molar refractivity (Wildman–Crippen MR) is 81.3 cm³/mol. The van der Waals surface area contributed by atoms with Gasteiger partial charge in [0.1, 0.15) is 11.6 Å². The van der Waals surface area contributed by atoms with Gasteiger partial charge >= 0.3 is 0 Å². The molecule has 0 aliphatic heterocycles. The molecule has 2 rings (SSSR count). The maximum atomic E-state index is 5.81. The number of ether oxygens (including phenoxy) is 1. The summed E-state index contributed by atoms with van der Waals surface area (Å²) in [5.41, 5.74) is 1.21. The Morgan fingerprint density at radius 3 is 2.60 bits per heavy atom. The van der Waals surface area contributed by atoms with Crippen LogP contribution in [0.25, 0.3) is 0 Å². The Hall–Kier alpha value is -1.69. The van der Waals surface area contributed by atoms with E-state index in [1.54, 1.807) is 11.8 Å². The Balaban J connectivity index is 1.86. The monoisotopic (exact) mass is 292 g/mol. The van der Waals surface area contributed by atoms with Crippen LogP contribution in [-0.4, -0.2) is 21.5 Å². The van der Waals surface area contributed by atoms with Crippen LogP contribution in [-0.2, 0) is 5.75 Å². The highest BCUT2D eigenvalue weighted by Crippen LogP contribution is 2.22. The first-order chi connectivity index (χ1) is 9.70. The fourth-order valence-electron chi connectivity index (χ4n) is 1.61. The van der Waals surface area contributed by atoms with E-state index in [-0.39, 0.29) is 0 Å². The number of aryl methyl sites for hydroxylation is 1. The average molecular weight is 292 g/mol. The molecular weight excluding hydrogens is 272 g/mol. The van der Waals surface area contributed by atoms with Gasteiger partial charge in [-0.2, -0.15) is 0 Å². The molecule has 0 radical (unpaired) electrons. The maximum Gasteiger partial charge on any atom is 0.210 e. The number of unbranched alkanes of at least 4 members (excludes halogenated alkanes) is 1. The summed E-state index contributed by atoms with van der Waals surface area (Å²) in [5, 5.41) is 8.68. The third-order valence-electron chi connectivity index (χ3n) is 2.89. The van der Waals surface area contributed by atoms with Crippen LogP contribution in [0, 0.1) is 6.92 Å². The van der Waals surface area contributed by atoms with Crippen molar-refractivity contribution in [1.82, 2.24) is 14.9 Å². The van der Waals surface area contributed by atoms with Crippen molar-refractivity contribution in [2.45, 2.75) is 37.6 Å². The van der Waals surface area contributed by atoms with Crippen LogP contribution in [0.15, 0.2) is 29.4 Å².